The Labute approximate surface area is 196 Å². The van der Waals surface area contributed by atoms with E-state index in [0.29, 0.717) is 36.6 Å². The van der Waals surface area contributed by atoms with Gasteiger partial charge >= 0.3 is 0 Å². The molecule has 3 rings (SSSR count). The fourth-order valence-electron chi connectivity index (χ4n) is 3.74. The monoisotopic (exact) mass is 449 g/mol. The highest BCUT2D eigenvalue weighted by atomic mass is 19.1. The summed E-state index contributed by atoms with van der Waals surface area (Å²) >= 11 is 0. The summed E-state index contributed by atoms with van der Waals surface area (Å²) in [6, 6.07) is 20.0. The van der Waals surface area contributed by atoms with Gasteiger partial charge in [0.1, 0.15) is 5.82 Å². The molecule has 174 valence electrons. The normalized spacial score (nSPS) is 10.7. The van der Waals surface area contributed by atoms with E-state index in [1.54, 1.807) is 26.4 Å². The molecule has 3 aromatic carbocycles. The summed E-state index contributed by atoms with van der Waals surface area (Å²) in [5, 5.41) is 0. The largest absolute Gasteiger partial charge is 0.493 e. The van der Waals surface area contributed by atoms with Gasteiger partial charge in [-0.3, -0.25) is 4.79 Å². The number of hydrogen-bond acceptors (Lipinski definition) is 3. The van der Waals surface area contributed by atoms with Gasteiger partial charge in [0.05, 0.1) is 14.2 Å². The number of amides is 1. The third kappa shape index (κ3) is 6.82. The van der Waals surface area contributed by atoms with Crippen molar-refractivity contribution in [1.29, 1.82) is 0 Å². The molecule has 33 heavy (non-hydrogen) atoms. The van der Waals surface area contributed by atoms with Crippen LogP contribution in [0.2, 0.25) is 0 Å². The average molecular weight is 450 g/mol. The fourth-order valence-corrected chi connectivity index (χ4v) is 3.74. The third-order valence-corrected chi connectivity index (χ3v) is 5.71. The van der Waals surface area contributed by atoms with Crippen LogP contribution in [-0.4, -0.2) is 31.6 Å². The van der Waals surface area contributed by atoms with Gasteiger partial charge in [-0.15, -0.1) is 0 Å². The lowest BCUT2D eigenvalue weighted by Crippen LogP contribution is -2.32. The van der Waals surface area contributed by atoms with Gasteiger partial charge in [0.25, 0.3) is 5.91 Å². The molecule has 5 heteroatoms. The van der Waals surface area contributed by atoms with E-state index in [9.17, 15) is 9.18 Å². The maximum atomic E-state index is 13.4. The van der Waals surface area contributed by atoms with Crippen LogP contribution in [0.4, 0.5) is 4.39 Å². The predicted octanol–water partition coefficient (Wildman–Crippen LogP) is 6.07. The van der Waals surface area contributed by atoms with Crippen LogP contribution >= 0.6 is 0 Å². The van der Waals surface area contributed by atoms with Crippen molar-refractivity contribution >= 4 is 5.91 Å². The summed E-state index contributed by atoms with van der Waals surface area (Å²) in [5.74, 6) is 1.00. The molecule has 0 bridgehead atoms. The smallest absolute Gasteiger partial charge is 0.254 e. The summed E-state index contributed by atoms with van der Waals surface area (Å²) < 4.78 is 24.1. The van der Waals surface area contributed by atoms with Gasteiger partial charge in [0.15, 0.2) is 11.5 Å². The van der Waals surface area contributed by atoms with Crippen LogP contribution in [0.25, 0.3) is 0 Å². The van der Waals surface area contributed by atoms with Crippen LogP contribution in [-0.2, 0) is 19.4 Å². The maximum absolute atomic E-state index is 13.4. The standard InChI is InChI=1S/C28H32FNO3/c1-4-5-6-21-7-12-24(13-8-21)28(31)30(20-23-9-14-25(29)15-10-23)18-17-22-11-16-26(32-2)27(19-22)33-3/h7-16,19H,4-6,17-18,20H2,1-3H3. The second-order valence-corrected chi connectivity index (χ2v) is 8.09. The Morgan fingerprint density at radius 1 is 0.818 bits per heavy atom. The Morgan fingerprint density at radius 2 is 1.45 bits per heavy atom. The number of unbranched alkanes of at least 4 members (excludes halogenated alkanes) is 1. The lowest BCUT2D eigenvalue weighted by molar-refractivity contribution is 0.0745. The highest BCUT2D eigenvalue weighted by molar-refractivity contribution is 5.94. The molecule has 0 heterocycles. The quantitative estimate of drug-likeness (QED) is 0.357. The first kappa shape index (κ1) is 24.3. The minimum atomic E-state index is -0.287. The second kappa shape index (κ2) is 12.0. The summed E-state index contributed by atoms with van der Waals surface area (Å²) in [7, 11) is 3.21. The average Bonchev–Trinajstić information content (AvgIpc) is 2.86. The Hall–Kier alpha value is -3.34. The van der Waals surface area contributed by atoms with Crippen molar-refractivity contribution < 1.29 is 18.7 Å². The van der Waals surface area contributed by atoms with Crippen LogP contribution in [0.1, 0.15) is 46.8 Å². The van der Waals surface area contributed by atoms with E-state index in [1.165, 1.54) is 17.7 Å². The third-order valence-electron chi connectivity index (χ3n) is 5.71. The number of aryl methyl sites for hydroxylation is 1. The van der Waals surface area contributed by atoms with Gasteiger partial charge in [-0.25, -0.2) is 4.39 Å². The minimum Gasteiger partial charge on any atom is -0.493 e. The lowest BCUT2D eigenvalue weighted by atomic mass is 10.0. The molecule has 4 nitrogen and oxygen atoms in total. The van der Waals surface area contributed by atoms with Gasteiger partial charge in [-0.2, -0.15) is 0 Å². The molecule has 0 atom stereocenters. The number of halogens is 1. The number of carbonyl (C=O) groups excluding carboxylic acids is 1. The molecule has 0 aliphatic carbocycles. The summed E-state index contributed by atoms with van der Waals surface area (Å²) in [6.45, 7) is 3.09. The summed E-state index contributed by atoms with van der Waals surface area (Å²) in [4.78, 5) is 15.2. The number of nitrogens with zero attached hydrogens (tertiary/aromatic N) is 1. The van der Waals surface area contributed by atoms with E-state index in [-0.39, 0.29) is 11.7 Å². The van der Waals surface area contributed by atoms with Crippen molar-refractivity contribution in [2.24, 2.45) is 0 Å². The Morgan fingerprint density at radius 3 is 2.09 bits per heavy atom. The molecule has 0 fully saturated rings. The number of methoxy groups -OCH3 is 2. The maximum Gasteiger partial charge on any atom is 0.254 e. The van der Waals surface area contributed by atoms with Gasteiger partial charge in [-0.1, -0.05) is 43.7 Å². The number of rotatable bonds is 11. The van der Waals surface area contributed by atoms with Gasteiger partial charge in [0.2, 0.25) is 0 Å². The molecule has 0 spiro atoms. The molecule has 0 aromatic heterocycles. The van der Waals surface area contributed by atoms with Crippen molar-refractivity contribution in [3.63, 3.8) is 0 Å². The molecule has 0 unspecified atom stereocenters. The van der Waals surface area contributed by atoms with Crippen LogP contribution in [0.5, 0.6) is 11.5 Å². The number of carbonyl (C=O) groups is 1. The molecular formula is C28H32FNO3. The van der Waals surface area contributed by atoms with Gasteiger partial charge in [-0.05, 0) is 72.4 Å². The fraction of sp³-hybridized carbons (Fsp3) is 0.321. The Balaban J connectivity index is 1.78. The van der Waals surface area contributed by atoms with Crippen LogP contribution in [0.15, 0.2) is 66.7 Å². The van der Waals surface area contributed by atoms with Crippen molar-refractivity contribution in [2.75, 3.05) is 20.8 Å². The number of hydrogen-bond donors (Lipinski definition) is 0. The molecule has 0 aliphatic rings. The van der Waals surface area contributed by atoms with Crippen molar-refractivity contribution in [3.8, 4) is 11.5 Å². The zero-order chi connectivity index (χ0) is 23.6. The first-order chi connectivity index (χ1) is 16.0. The van der Waals surface area contributed by atoms with Gasteiger partial charge in [0, 0.05) is 18.7 Å². The van der Waals surface area contributed by atoms with E-state index < -0.39 is 0 Å². The van der Waals surface area contributed by atoms with Gasteiger partial charge < -0.3 is 14.4 Å². The number of ether oxygens (including phenoxy) is 2. The summed E-state index contributed by atoms with van der Waals surface area (Å²) in [5.41, 5.74) is 3.82. The van der Waals surface area contributed by atoms with E-state index in [4.69, 9.17) is 9.47 Å². The van der Waals surface area contributed by atoms with E-state index >= 15 is 0 Å². The SMILES string of the molecule is CCCCc1ccc(C(=O)N(CCc2ccc(OC)c(OC)c2)Cc2ccc(F)cc2)cc1. The number of benzene rings is 3. The highest BCUT2D eigenvalue weighted by Gasteiger charge is 2.17. The highest BCUT2D eigenvalue weighted by Crippen LogP contribution is 2.28. The molecule has 0 radical (unpaired) electrons. The molecule has 3 aromatic rings. The molecule has 0 saturated carbocycles. The molecule has 1 amide bonds. The zero-order valence-electron chi connectivity index (χ0n) is 19.6. The lowest BCUT2D eigenvalue weighted by Gasteiger charge is -2.23. The first-order valence-corrected chi connectivity index (χ1v) is 11.4. The Bertz CT molecular complexity index is 1030. The zero-order valence-corrected chi connectivity index (χ0v) is 19.6. The summed E-state index contributed by atoms with van der Waals surface area (Å²) in [6.07, 6.45) is 3.95. The van der Waals surface area contributed by atoms with Crippen LogP contribution in [0, 0.1) is 5.82 Å². The van der Waals surface area contributed by atoms with E-state index in [0.717, 1.165) is 30.4 Å². The predicted molar refractivity (Wildman–Crippen MR) is 129 cm³/mol. The van der Waals surface area contributed by atoms with Crippen LogP contribution in [0.3, 0.4) is 0 Å². The minimum absolute atomic E-state index is 0.0400. The van der Waals surface area contributed by atoms with Crippen molar-refractivity contribution in [1.82, 2.24) is 4.90 Å². The van der Waals surface area contributed by atoms with Crippen molar-refractivity contribution in [3.05, 3.63) is 94.8 Å². The molecule has 0 saturated heterocycles. The molecule has 0 aliphatic heterocycles. The first-order valence-electron chi connectivity index (χ1n) is 11.4. The van der Waals surface area contributed by atoms with E-state index in [1.807, 2.05) is 47.4 Å². The topological polar surface area (TPSA) is 38.8 Å². The van der Waals surface area contributed by atoms with Crippen LogP contribution < -0.4 is 9.47 Å². The van der Waals surface area contributed by atoms with Crippen molar-refractivity contribution in [2.45, 2.75) is 39.2 Å². The Kier molecular flexibility index (Phi) is 8.87. The van der Waals surface area contributed by atoms with E-state index in [2.05, 4.69) is 6.92 Å². The molecular weight excluding hydrogens is 417 g/mol. The second-order valence-electron chi connectivity index (χ2n) is 8.09. The molecule has 0 N–H and O–H groups in total.